The van der Waals surface area contributed by atoms with Crippen molar-refractivity contribution < 1.29 is 53.1 Å². The van der Waals surface area contributed by atoms with Crippen LogP contribution in [0.15, 0.2) is 114 Å². The number of benzene rings is 4. The van der Waals surface area contributed by atoms with E-state index >= 15 is 0 Å². The van der Waals surface area contributed by atoms with Crippen LogP contribution < -0.4 is 9.47 Å². The number of carbonyl (C=O) groups is 1. The Kier molecular flexibility index (Phi) is 13.4. The zero-order valence-electron chi connectivity index (χ0n) is 31.5. The number of hydrogen-bond donors (Lipinski definition) is 0. The van der Waals surface area contributed by atoms with Gasteiger partial charge in [0.05, 0.1) is 38.2 Å². The van der Waals surface area contributed by atoms with Crippen molar-refractivity contribution in [1.29, 1.82) is 0 Å². The molecular weight excluding hydrogens is 860 g/mol. The number of fused-ring (bicyclic) bond motifs is 4. The minimum absolute atomic E-state index is 0.0291. The fraction of sp³-hybridized carbons (Fsp3) is 0.244. The number of hydrogen-bond acceptors (Lipinski definition) is 8. The van der Waals surface area contributed by atoms with Gasteiger partial charge in [-0.05, 0) is 111 Å². The first-order valence-corrected chi connectivity index (χ1v) is 24.7. The molecule has 4 aromatic carbocycles. The predicted octanol–water partition coefficient (Wildman–Crippen LogP) is 10.4. The molecule has 4 aromatic rings. The molecule has 0 bridgehead atoms. The van der Waals surface area contributed by atoms with Crippen LogP contribution in [0.3, 0.4) is 0 Å². The molecule has 1 aliphatic carbocycles. The molecule has 58 heavy (non-hydrogen) atoms. The van der Waals surface area contributed by atoms with Crippen molar-refractivity contribution in [2.75, 3.05) is 13.2 Å². The van der Waals surface area contributed by atoms with Crippen molar-refractivity contribution >= 4 is 61.9 Å². The third-order valence-electron chi connectivity index (χ3n) is 9.30. The zero-order chi connectivity index (χ0) is 42.8. The molecule has 308 valence electrons. The van der Waals surface area contributed by atoms with Crippen molar-refractivity contribution in [1.82, 2.24) is 0 Å². The Morgan fingerprint density at radius 3 is 1.90 bits per heavy atom. The molecule has 0 saturated heterocycles. The van der Waals surface area contributed by atoms with E-state index < -0.39 is 73.4 Å². The number of ketones is 1. The maximum absolute atomic E-state index is 14.9. The summed E-state index contributed by atoms with van der Waals surface area (Å²) in [7, 11) is -9.60. The summed E-state index contributed by atoms with van der Waals surface area (Å²) in [5.41, 5.74) is -0.706. The number of ether oxygens (including phenoxy) is 2. The SMILES string of the molecule is C=CC(=C)O[Si](C)(C)C.O=C1CC[C@@]2(S(=O)(=O)c3ccc(Cl)cc3)c3c(F)ccc(F)c3OC[C@H]2C1.O=S(=O)(C1=CCOc2c(F)ccc(F)c21)c1ccc(Cl)cc1. The van der Waals surface area contributed by atoms with Crippen LogP contribution in [0, 0.1) is 29.2 Å². The fourth-order valence-corrected chi connectivity index (χ4v) is 11.7. The van der Waals surface area contributed by atoms with E-state index in [1.807, 2.05) is 0 Å². The lowest BCUT2D eigenvalue weighted by atomic mass is 9.72. The van der Waals surface area contributed by atoms with Crippen molar-refractivity contribution in [3.63, 3.8) is 0 Å². The van der Waals surface area contributed by atoms with E-state index in [1.54, 1.807) is 6.08 Å². The van der Waals surface area contributed by atoms with Crippen molar-refractivity contribution in [2.24, 2.45) is 5.92 Å². The fourth-order valence-electron chi connectivity index (χ4n) is 6.78. The van der Waals surface area contributed by atoms with Gasteiger partial charge in [-0.25, -0.2) is 34.4 Å². The van der Waals surface area contributed by atoms with Crippen LogP contribution in [0.1, 0.15) is 30.4 Å². The summed E-state index contributed by atoms with van der Waals surface area (Å²) in [5.74, 6) is -4.38. The first-order chi connectivity index (χ1) is 27.1. The number of carbonyl (C=O) groups excluding carboxylic acids is 1. The summed E-state index contributed by atoms with van der Waals surface area (Å²) < 4.78 is 124. The van der Waals surface area contributed by atoms with E-state index in [2.05, 4.69) is 32.8 Å². The van der Waals surface area contributed by atoms with Crippen LogP contribution in [0.4, 0.5) is 17.6 Å². The molecular formula is C41H38Cl2F4O8S2Si. The Morgan fingerprint density at radius 1 is 0.810 bits per heavy atom. The molecule has 8 nitrogen and oxygen atoms in total. The predicted molar refractivity (Wildman–Crippen MR) is 217 cm³/mol. The van der Waals surface area contributed by atoms with Gasteiger partial charge in [-0.2, -0.15) is 0 Å². The van der Waals surface area contributed by atoms with Crippen molar-refractivity contribution in [2.45, 2.75) is 53.4 Å². The molecule has 0 aromatic heterocycles. The van der Waals surface area contributed by atoms with Gasteiger partial charge in [-0.15, -0.1) is 0 Å². The summed E-state index contributed by atoms with van der Waals surface area (Å²) in [6.45, 7) is 13.2. The Bertz CT molecular complexity index is 2510. The van der Waals surface area contributed by atoms with Gasteiger partial charge in [-0.3, -0.25) is 4.79 Å². The van der Waals surface area contributed by atoms with Gasteiger partial charge in [-0.1, -0.05) is 36.4 Å². The minimum atomic E-state index is -4.17. The van der Waals surface area contributed by atoms with Gasteiger partial charge < -0.3 is 13.9 Å². The van der Waals surface area contributed by atoms with Crippen molar-refractivity contribution in [3.05, 3.63) is 148 Å². The second-order valence-corrected chi connectivity index (χ2v) is 23.7. The van der Waals surface area contributed by atoms with E-state index in [0.29, 0.717) is 15.8 Å². The molecule has 2 heterocycles. The first kappa shape index (κ1) is 44.7. The molecule has 0 N–H and O–H groups in total. The standard InChI is InChI=1S/C19H15ClF2O4S.C15H9ClF2O3S.C7H14OSi/c20-12-1-3-14(4-2-12)27(24,25)19-8-7-13(23)9-11(19)10-26-18-16(22)6-5-15(21)17(18)19;16-9-1-3-10(4-2-9)22(19,20)13-7-8-21-15-12(18)6-5-11(17)14(13)15;1-6-7(2)8-9(3,4)5/h1-6,11H,7-10H2;1-7H,8H2;6H,1-2H2,3-5H3/t11-,19+;;/m1../s1. The maximum Gasteiger partial charge on any atom is 0.242 e. The quantitative estimate of drug-likeness (QED) is 0.0780. The average Bonchev–Trinajstić information content (AvgIpc) is 3.17. The molecule has 0 radical (unpaired) electrons. The van der Waals surface area contributed by atoms with Gasteiger partial charge in [0.15, 0.2) is 33.0 Å². The average molecular weight is 898 g/mol. The summed E-state index contributed by atoms with van der Waals surface area (Å²) in [6.07, 6.45) is 2.63. The number of halogens is 6. The second-order valence-electron chi connectivity index (χ2n) is 14.3. The largest absolute Gasteiger partial charge is 0.545 e. The second kappa shape index (κ2) is 17.4. The van der Waals surface area contributed by atoms with Crippen LogP contribution in [0.5, 0.6) is 11.5 Å². The van der Waals surface area contributed by atoms with Gasteiger partial charge in [0.2, 0.25) is 18.2 Å². The maximum atomic E-state index is 14.9. The monoisotopic (exact) mass is 896 g/mol. The normalized spacial score (nSPS) is 18.5. The molecule has 1 fully saturated rings. The van der Waals surface area contributed by atoms with Gasteiger partial charge in [0.25, 0.3) is 0 Å². The summed E-state index contributed by atoms with van der Waals surface area (Å²) in [6, 6.07) is 14.6. The van der Waals surface area contributed by atoms with Crippen LogP contribution in [0.25, 0.3) is 4.91 Å². The molecule has 1 saturated carbocycles. The van der Waals surface area contributed by atoms with E-state index in [0.717, 1.165) is 24.3 Å². The van der Waals surface area contributed by atoms with Crippen LogP contribution in [0.2, 0.25) is 29.7 Å². The number of Topliss-reactive ketones (excluding diaryl/α,β-unsaturated/α-hetero) is 1. The van der Waals surface area contributed by atoms with E-state index in [-0.39, 0.29) is 64.1 Å². The molecule has 0 amide bonds. The number of allylic oxidation sites excluding steroid dienone is 1. The van der Waals surface area contributed by atoms with Crippen LogP contribution in [-0.4, -0.2) is 44.1 Å². The topological polar surface area (TPSA) is 113 Å². The van der Waals surface area contributed by atoms with E-state index in [1.165, 1.54) is 54.6 Å². The lowest BCUT2D eigenvalue weighted by Crippen LogP contribution is -2.52. The smallest absolute Gasteiger partial charge is 0.242 e. The molecule has 7 rings (SSSR count). The highest BCUT2D eigenvalue weighted by Crippen LogP contribution is 2.56. The molecule has 0 unspecified atom stereocenters. The van der Waals surface area contributed by atoms with Crippen LogP contribution >= 0.6 is 23.2 Å². The Labute approximate surface area is 345 Å². The van der Waals surface area contributed by atoms with Crippen LogP contribution in [-0.2, 0) is 33.6 Å². The lowest BCUT2D eigenvalue weighted by molar-refractivity contribution is -0.123. The Hall–Kier alpha value is -4.41. The highest BCUT2D eigenvalue weighted by atomic mass is 35.5. The summed E-state index contributed by atoms with van der Waals surface area (Å²) in [5, 5.41) is 0.726. The zero-order valence-corrected chi connectivity index (χ0v) is 35.6. The van der Waals surface area contributed by atoms with Crippen molar-refractivity contribution in [3.8, 4) is 11.5 Å². The molecule has 0 spiro atoms. The third kappa shape index (κ3) is 9.08. The lowest BCUT2D eigenvalue weighted by Gasteiger charge is -2.46. The number of rotatable bonds is 7. The summed E-state index contributed by atoms with van der Waals surface area (Å²) >= 11 is 11.6. The molecule has 2 atom stereocenters. The Morgan fingerprint density at radius 2 is 1.34 bits per heavy atom. The minimum Gasteiger partial charge on any atom is -0.545 e. The highest BCUT2D eigenvalue weighted by Gasteiger charge is 2.59. The first-order valence-electron chi connectivity index (χ1n) is 17.6. The van der Waals surface area contributed by atoms with Gasteiger partial charge >= 0.3 is 0 Å². The molecule has 2 aliphatic heterocycles. The molecule has 3 aliphatic rings. The Balaban J connectivity index is 0.000000186. The van der Waals surface area contributed by atoms with Gasteiger partial charge in [0.1, 0.15) is 28.8 Å². The third-order valence-corrected chi connectivity index (χ3v) is 15.1. The van der Waals surface area contributed by atoms with Gasteiger partial charge in [0, 0.05) is 28.8 Å². The summed E-state index contributed by atoms with van der Waals surface area (Å²) in [4.78, 5) is 11.6. The van der Waals surface area contributed by atoms with E-state index in [9.17, 15) is 39.2 Å². The molecule has 17 heteroatoms. The highest BCUT2D eigenvalue weighted by molar-refractivity contribution is 8.00. The van der Waals surface area contributed by atoms with E-state index in [4.69, 9.17) is 37.1 Å². The number of sulfone groups is 2.